The molecule has 1 aliphatic carbocycles. The zero-order chi connectivity index (χ0) is 12.6. The van der Waals surface area contributed by atoms with E-state index < -0.39 is 0 Å². The van der Waals surface area contributed by atoms with Crippen molar-refractivity contribution in [1.82, 2.24) is 5.32 Å². The summed E-state index contributed by atoms with van der Waals surface area (Å²) in [7, 11) is 2.17. The van der Waals surface area contributed by atoms with E-state index in [4.69, 9.17) is 0 Å². The topological polar surface area (TPSA) is 12.0 Å². The van der Waals surface area contributed by atoms with E-state index in [1.807, 2.05) is 0 Å². The molecule has 1 rings (SSSR count). The van der Waals surface area contributed by atoms with Gasteiger partial charge in [-0.15, -0.1) is 0 Å². The maximum absolute atomic E-state index is 3.63. The highest BCUT2D eigenvalue weighted by atomic mass is 14.9. The summed E-state index contributed by atoms with van der Waals surface area (Å²) >= 11 is 0. The molecule has 0 radical (unpaired) electrons. The van der Waals surface area contributed by atoms with Crippen LogP contribution < -0.4 is 5.32 Å². The van der Waals surface area contributed by atoms with Gasteiger partial charge in [0.05, 0.1) is 0 Å². The summed E-state index contributed by atoms with van der Waals surface area (Å²) in [5, 5.41) is 3.63. The second-order valence-electron chi connectivity index (χ2n) is 5.97. The third kappa shape index (κ3) is 4.28. The second kappa shape index (κ2) is 8.13. The molecule has 0 aromatic heterocycles. The van der Waals surface area contributed by atoms with Crippen molar-refractivity contribution < 1.29 is 0 Å². The molecule has 0 aromatic carbocycles. The Hall–Kier alpha value is -0.0400. The van der Waals surface area contributed by atoms with E-state index in [2.05, 4.69) is 26.2 Å². The molecule has 0 amide bonds. The van der Waals surface area contributed by atoms with Gasteiger partial charge < -0.3 is 5.32 Å². The molecule has 1 nitrogen and oxygen atoms in total. The van der Waals surface area contributed by atoms with Gasteiger partial charge in [0.2, 0.25) is 0 Å². The molecule has 0 spiro atoms. The summed E-state index contributed by atoms with van der Waals surface area (Å²) in [6, 6.07) is 0.775. The normalized spacial score (nSPS) is 20.6. The summed E-state index contributed by atoms with van der Waals surface area (Å²) in [6.07, 6.45) is 15.7. The fraction of sp³-hybridized carbons (Fsp3) is 1.00. The Balaban J connectivity index is 2.31. The van der Waals surface area contributed by atoms with Gasteiger partial charge in [-0.1, -0.05) is 58.8 Å². The van der Waals surface area contributed by atoms with Gasteiger partial charge in [0, 0.05) is 6.04 Å². The lowest BCUT2D eigenvalue weighted by Crippen LogP contribution is -2.41. The maximum Gasteiger partial charge on any atom is 0.0120 e. The van der Waals surface area contributed by atoms with Crippen molar-refractivity contribution in [3.63, 3.8) is 0 Å². The molecule has 1 N–H and O–H groups in total. The third-order valence-corrected chi connectivity index (χ3v) is 4.99. The highest BCUT2D eigenvalue weighted by Crippen LogP contribution is 2.45. The Morgan fingerprint density at radius 1 is 1.00 bits per heavy atom. The van der Waals surface area contributed by atoms with E-state index in [0.717, 1.165) is 6.04 Å². The molecular formula is C16H33N. The van der Waals surface area contributed by atoms with Gasteiger partial charge in [0.1, 0.15) is 0 Å². The molecule has 1 unspecified atom stereocenters. The maximum atomic E-state index is 3.63. The molecule has 1 fully saturated rings. The molecular weight excluding hydrogens is 206 g/mol. The van der Waals surface area contributed by atoms with Crippen LogP contribution in [0.25, 0.3) is 0 Å². The number of rotatable bonds is 9. The molecule has 0 heterocycles. The Morgan fingerprint density at radius 2 is 1.65 bits per heavy atom. The number of hydrogen-bond acceptors (Lipinski definition) is 1. The van der Waals surface area contributed by atoms with Crippen molar-refractivity contribution in [1.29, 1.82) is 0 Å². The van der Waals surface area contributed by atoms with Gasteiger partial charge >= 0.3 is 0 Å². The summed E-state index contributed by atoms with van der Waals surface area (Å²) in [5.41, 5.74) is 0.638. The summed E-state index contributed by atoms with van der Waals surface area (Å²) in [5.74, 6) is 0. The minimum atomic E-state index is 0.638. The van der Waals surface area contributed by atoms with E-state index in [-0.39, 0.29) is 0 Å². The monoisotopic (exact) mass is 239 g/mol. The Bertz CT molecular complexity index is 182. The minimum Gasteiger partial charge on any atom is -0.316 e. The van der Waals surface area contributed by atoms with E-state index in [1.54, 1.807) is 0 Å². The zero-order valence-corrected chi connectivity index (χ0v) is 12.4. The molecule has 0 aromatic rings. The first-order chi connectivity index (χ1) is 8.29. The number of nitrogens with one attached hydrogen (secondary N) is 1. The van der Waals surface area contributed by atoms with Crippen LogP contribution in [-0.4, -0.2) is 13.1 Å². The van der Waals surface area contributed by atoms with Gasteiger partial charge in [-0.2, -0.15) is 0 Å². The predicted molar refractivity (Wildman–Crippen MR) is 77.4 cm³/mol. The van der Waals surface area contributed by atoms with Gasteiger partial charge in [-0.05, 0) is 38.1 Å². The van der Waals surface area contributed by atoms with Crippen LogP contribution in [0.5, 0.6) is 0 Å². The lowest BCUT2D eigenvalue weighted by atomic mass is 9.74. The summed E-state index contributed by atoms with van der Waals surface area (Å²) < 4.78 is 0. The van der Waals surface area contributed by atoms with Gasteiger partial charge in [0.15, 0.2) is 0 Å². The molecule has 0 saturated heterocycles. The Kier molecular flexibility index (Phi) is 7.18. The van der Waals surface area contributed by atoms with Crippen LogP contribution >= 0.6 is 0 Å². The first kappa shape index (κ1) is 15.0. The zero-order valence-electron chi connectivity index (χ0n) is 12.4. The van der Waals surface area contributed by atoms with Crippen molar-refractivity contribution in [3.8, 4) is 0 Å². The quantitative estimate of drug-likeness (QED) is 0.564. The average Bonchev–Trinajstić information content (AvgIpc) is 2.83. The van der Waals surface area contributed by atoms with E-state index >= 15 is 0 Å². The largest absolute Gasteiger partial charge is 0.316 e. The van der Waals surface area contributed by atoms with Crippen LogP contribution in [0.3, 0.4) is 0 Å². The van der Waals surface area contributed by atoms with Gasteiger partial charge in [-0.3, -0.25) is 0 Å². The van der Waals surface area contributed by atoms with Crippen molar-refractivity contribution in [2.24, 2.45) is 5.41 Å². The summed E-state index contributed by atoms with van der Waals surface area (Å²) in [6.45, 7) is 4.69. The smallest absolute Gasteiger partial charge is 0.0120 e. The van der Waals surface area contributed by atoms with Crippen LogP contribution in [0.1, 0.15) is 84.5 Å². The second-order valence-corrected chi connectivity index (χ2v) is 5.97. The SMILES string of the molecule is CCCCCCCC(NC)C1(CC)CCCC1. The van der Waals surface area contributed by atoms with E-state index in [9.17, 15) is 0 Å². The number of hydrogen-bond donors (Lipinski definition) is 1. The third-order valence-electron chi connectivity index (χ3n) is 4.99. The van der Waals surface area contributed by atoms with Gasteiger partial charge in [0.25, 0.3) is 0 Å². The summed E-state index contributed by atoms with van der Waals surface area (Å²) in [4.78, 5) is 0. The highest BCUT2D eigenvalue weighted by Gasteiger charge is 2.38. The molecule has 0 aliphatic heterocycles. The molecule has 1 heteroatoms. The molecule has 102 valence electrons. The van der Waals surface area contributed by atoms with Gasteiger partial charge in [-0.25, -0.2) is 0 Å². The van der Waals surface area contributed by atoms with Crippen LogP contribution in [0.4, 0.5) is 0 Å². The average molecular weight is 239 g/mol. The Morgan fingerprint density at radius 3 is 2.18 bits per heavy atom. The first-order valence-corrected chi connectivity index (χ1v) is 7.96. The highest BCUT2D eigenvalue weighted by molar-refractivity contribution is 4.93. The number of unbranched alkanes of at least 4 members (excludes halogenated alkanes) is 4. The van der Waals surface area contributed by atoms with E-state index in [1.165, 1.54) is 70.6 Å². The standard InChI is InChI=1S/C16H33N/c1-4-6-7-8-9-12-15(17-3)16(5-2)13-10-11-14-16/h15,17H,4-14H2,1-3H3. The van der Waals surface area contributed by atoms with Crippen molar-refractivity contribution in [2.75, 3.05) is 7.05 Å². The molecule has 17 heavy (non-hydrogen) atoms. The predicted octanol–water partition coefficient (Wildman–Crippen LogP) is 4.91. The molecule has 1 aliphatic rings. The first-order valence-electron chi connectivity index (χ1n) is 7.96. The minimum absolute atomic E-state index is 0.638. The van der Waals surface area contributed by atoms with Crippen LogP contribution in [0.2, 0.25) is 0 Å². The lowest BCUT2D eigenvalue weighted by Gasteiger charge is -2.37. The van der Waals surface area contributed by atoms with Crippen LogP contribution in [0, 0.1) is 5.41 Å². The van der Waals surface area contributed by atoms with Crippen LogP contribution in [0.15, 0.2) is 0 Å². The van der Waals surface area contributed by atoms with Crippen molar-refractivity contribution >= 4 is 0 Å². The van der Waals surface area contributed by atoms with Crippen molar-refractivity contribution in [3.05, 3.63) is 0 Å². The van der Waals surface area contributed by atoms with Crippen LogP contribution in [-0.2, 0) is 0 Å². The Labute approximate surface area is 109 Å². The molecule has 0 bridgehead atoms. The van der Waals surface area contributed by atoms with Crippen molar-refractivity contribution in [2.45, 2.75) is 90.5 Å². The lowest BCUT2D eigenvalue weighted by molar-refractivity contribution is 0.181. The fourth-order valence-electron chi connectivity index (χ4n) is 3.74. The molecule has 1 atom stereocenters. The fourth-order valence-corrected chi connectivity index (χ4v) is 3.74. The molecule has 1 saturated carbocycles. The van der Waals surface area contributed by atoms with E-state index in [0.29, 0.717) is 5.41 Å².